The molecule has 0 aromatic heterocycles. The minimum absolute atomic E-state index is 0.119. The molecule has 0 saturated carbocycles. The van der Waals surface area contributed by atoms with Crippen molar-refractivity contribution in [1.82, 2.24) is 10.2 Å². The molecule has 2 aromatic carbocycles. The van der Waals surface area contributed by atoms with Crippen LogP contribution < -0.4 is 10.1 Å². The lowest BCUT2D eigenvalue weighted by Crippen LogP contribution is -2.46. The van der Waals surface area contributed by atoms with Gasteiger partial charge in [0.05, 0.1) is 5.75 Å². The summed E-state index contributed by atoms with van der Waals surface area (Å²) in [5.74, 6) is 1.44. The molecule has 0 atom stereocenters. The van der Waals surface area contributed by atoms with E-state index in [0.29, 0.717) is 17.4 Å². The van der Waals surface area contributed by atoms with Crippen molar-refractivity contribution in [3.63, 3.8) is 0 Å². The summed E-state index contributed by atoms with van der Waals surface area (Å²) in [6, 6.07) is 17.8. The van der Waals surface area contributed by atoms with Gasteiger partial charge in [0.2, 0.25) is 5.91 Å². The van der Waals surface area contributed by atoms with Gasteiger partial charge in [-0.05, 0) is 49.2 Å². The topological polar surface area (TPSA) is 41.6 Å². The number of hydrogen-bond donors (Lipinski definition) is 1. The maximum Gasteiger partial charge on any atom is 0.230 e. The Balaban J connectivity index is 1.29. The lowest BCUT2D eigenvalue weighted by Gasteiger charge is -2.32. The summed E-state index contributed by atoms with van der Waals surface area (Å²) < 4.78 is 5.76. The standard InChI is InChI=1S/C21H25ClN2O2S/c22-17-6-8-19(9-7-17)26-15-14-24-12-10-18(11-13-24)23-21(25)16-27-20-4-2-1-3-5-20/h1-9,18H,10-16H2,(H,23,25). The Morgan fingerprint density at radius 3 is 2.52 bits per heavy atom. The van der Waals surface area contributed by atoms with Gasteiger partial charge in [0, 0.05) is 35.6 Å². The molecule has 144 valence electrons. The van der Waals surface area contributed by atoms with Gasteiger partial charge in [-0.3, -0.25) is 9.69 Å². The first-order valence-corrected chi connectivity index (χ1v) is 10.6. The van der Waals surface area contributed by atoms with Crippen LogP contribution in [0.3, 0.4) is 0 Å². The lowest BCUT2D eigenvalue weighted by molar-refractivity contribution is -0.119. The smallest absolute Gasteiger partial charge is 0.230 e. The predicted molar refractivity (Wildman–Crippen MR) is 112 cm³/mol. The van der Waals surface area contributed by atoms with E-state index in [1.807, 2.05) is 54.6 Å². The number of ether oxygens (including phenoxy) is 1. The lowest BCUT2D eigenvalue weighted by atomic mass is 10.1. The van der Waals surface area contributed by atoms with Gasteiger partial charge in [-0.25, -0.2) is 0 Å². The zero-order valence-electron chi connectivity index (χ0n) is 15.3. The molecule has 1 fully saturated rings. The average Bonchev–Trinajstić information content (AvgIpc) is 2.70. The molecule has 1 heterocycles. The summed E-state index contributed by atoms with van der Waals surface area (Å²) in [4.78, 5) is 15.7. The van der Waals surface area contributed by atoms with Crippen molar-refractivity contribution in [1.29, 1.82) is 0 Å². The number of nitrogens with zero attached hydrogens (tertiary/aromatic N) is 1. The van der Waals surface area contributed by atoms with Crippen LogP contribution in [0.4, 0.5) is 0 Å². The van der Waals surface area contributed by atoms with Crippen molar-refractivity contribution in [3.05, 3.63) is 59.6 Å². The first-order valence-electron chi connectivity index (χ1n) is 9.27. The Hall–Kier alpha value is -1.69. The molecule has 0 aliphatic carbocycles. The number of nitrogens with one attached hydrogen (secondary N) is 1. The van der Waals surface area contributed by atoms with Crippen molar-refractivity contribution >= 4 is 29.3 Å². The fourth-order valence-corrected chi connectivity index (χ4v) is 3.92. The third kappa shape index (κ3) is 7.09. The fourth-order valence-electron chi connectivity index (χ4n) is 3.06. The largest absolute Gasteiger partial charge is 0.492 e. The van der Waals surface area contributed by atoms with E-state index in [0.717, 1.165) is 43.1 Å². The van der Waals surface area contributed by atoms with Crippen molar-refractivity contribution in [2.45, 2.75) is 23.8 Å². The second-order valence-corrected chi connectivity index (χ2v) is 8.07. The monoisotopic (exact) mass is 404 g/mol. The van der Waals surface area contributed by atoms with Gasteiger partial charge in [-0.2, -0.15) is 0 Å². The van der Waals surface area contributed by atoms with E-state index >= 15 is 0 Å². The Morgan fingerprint density at radius 2 is 1.81 bits per heavy atom. The van der Waals surface area contributed by atoms with E-state index in [9.17, 15) is 4.79 Å². The van der Waals surface area contributed by atoms with Crippen LogP contribution in [-0.4, -0.2) is 48.8 Å². The van der Waals surface area contributed by atoms with E-state index in [2.05, 4.69) is 10.2 Å². The number of rotatable bonds is 8. The summed E-state index contributed by atoms with van der Waals surface area (Å²) in [6.07, 6.45) is 1.98. The zero-order valence-corrected chi connectivity index (χ0v) is 16.8. The normalized spacial score (nSPS) is 15.4. The third-order valence-corrected chi connectivity index (χ3v) is 5.82. The first-order chi connectivity index (χ1) is 13.2. The third-order valence-electron chi connectivity index (χ3n) is 4.56. The van der Waals surface area contributed by atoms with Crippen LogP contribution in [0.15, 0.2) is 59.5 Å². The number of carbonyl (C=O) groups is 1. The van der Waals surface area contributed by atoms with Gasteiger partial charge in [-0.1, -0.05) is 29.8 Å². The molecule has 3 rings (SSSR count). The van der Waals surface area contributed by atoms with E-state index in [1.54, 1.807) is 11.8 Å². The molecular weight excluding hydrogens is 380 g/mol. The number of thioether (sulfide) groups is 1. The van der Waals surface area contributed by atoms with Crippen LogP contribution in [0.2, 0.25) is 5.02 Å². The van der Waals surface area contributed by atoms with E-state index in [-0.39, 0.29) is 11.9 Å². The Bertz CT molecular complexity index is 704. The van der Waals surface area contributed by atoms with Gasteiger partial charge < -0.3 is 10.1 Å². The minimum Gasteiger partial charge on any atom is -0.492 e. The number of hydrogen-bond acceptors (Lipinski definition) is 4. The molecule has 1 aliphatic heterocycles. The molecule has 1 aliphatic rings. The Morgan fingerprint density at radius 1 is 1.11 bits per heavy atom. The number of benzene rings is 2. The fraction of sp³-hybridized carbons (Fsp3) is 0.381. The van der Waals surface area contributed by atoms with Crippen molar-refractivity contribution in [3.8, 4) is 5.75 Å². The number of piperidine rings is 1. The number of halogens is 1. The minimum atomic E-state index is 0.119. The highest BCUT2D eigenvalue weighted by atomic mass is 35.5. The van der Waals surface area contributed by atoms with Crippen molar-refractivity contribution < 1.29 is 9.53 Å². The molecule has 1 saturated heterocycles. The summed E-state index contributed by atoms with van der Waals surface area (Å²) in [5, 5.41) is 3.88. The summed E-state index contributed by atoms with van der Waals surface area (Å²) in [5.41, 5.74) is 0. The average molecular weight is 405 g/mol. The first kappa shape index (κ1) is 20.1. The van der Waals surface area contributed by atoms with E-state index in [4.69, 9.17) is 16.3 Å². The Labute approximate surface area is 170 Å². The SMILES string of the molecule is O=C(CSc1ccccc1)NC1CCN(CCOc2ccc(Cl)cc2)CC1. The van der Waals surface area contributed by atoms with Crippen LogP contribution in [0.5, 0.6) is 5.75 Å². The molecule has 4 nitrogen and oxygen atoms in total. The van der Waals surface area contributed by atoms with Crippen LogP contribution >= 0.6 is 23.4 Å². The maximum absolute atomic E-state index is 12.1. The maximum atomic E-state index is 12.1. The van der Waals surface area contributed by atoms with Gasteiger partial charge in [0.1, 0.15) is 12.4 Å². The number of likely N-dealkylation sites (tertiary alicyclic amines) is 1. The van der Waals surface area contributed by atoms with Crippen LogP contribution in [-0.2, 0) is 4.79 Å². The van der Waals surface area contributed by atoms with Gasteiger partial charge >= 0.3 is 0 Å². The van der Waals surface area contributed by atoms with Crippen molar-refractivity contribution in [2.75, 3.05) is 32.0 Å². The summed E-state index contributed by atoms with van der Waals surface area (Å²) in [6.45, 7) is 3.53. The molecule has 6 heteroatoms. The number of amides is 1. The summed E-state index contributed by atoms with van der Waals surface area (Å²) >= 11 is 7.45. The highest BCUT2D eigenvalue weighted by molar-refractivity contribution is 8.00. The van der Waals surface area contributed by atoms with E-state index in [1.165, 1.54) is 0 Å². The molecular formula is C21H25ClN2O2S. The number of carbonyl (C=O) groups excluding carboxylic acids is 1. The Kier molecular flexibility index (Phi) is 7.87. The zero-order chi connectivity index (χ0) is 18.9. The molecule has 0 unspecified atom stereocenters. The van der Waals surface area contributed by atoms with Gasteiger partial charge in [0.25, 0.3) is 0 Å². The highest BCUT2D eigenvalue weighted by Crippen LogP contribution is 2.18. The van der Waals surface area contributed by atoms with Crippen molar-refractivity contribution in [2.24, 2.45) is 0 Å². The quantitative estimate of drug-likeness (QED) is 0.673. The summed E-state index contributed by atoms with van der Waals surface area (Å²) in [7, 11) is 0. The second kappa shape index (κ2) is 10.6. The van der Waals surface area contributed by atoms with Gasteiger partial charge in [-0.15, -0.1) is 11.8 Å². The van der Waals surface area contributed by atoms with Crippen LogP contribution in [0, 0.1) is 0 Å². The van der Waals surface area contributed by atoms with Crippen LogP contribution in [0.1, 0.15) is 12.8 Å². The molecule has 2 aromatic rings. The second-order valence-electron chi connectivity index (χ2n) is 6.59. The highest BCUT2D eigenvalue weighted by Gasteiger charge is 2.20. The van der Waals surface area contributed by atoms with Gasteiger partial charge in [0.15, 0.2) is 0 Å². The van der Waals surface area contributed by atoms with E-state index < -0.39 is 0 Å². The molecule has 27 heavy (non-hydrogen) atoms. The molecule has 1 N–H and O–H groups in total. The molecule has 0 bridgehead atoms. The predicted octanol–water partition coefficient (Wildman–Crippen LogP) is 4.09. The molecule has 0 radical (unpaired) electrons. The molecule has 1 amide bonds. The van der Waals surface area contributed by atoms with Crippen LogP contribution in [0.25, 0.3) is 0 Å². The molecule has 0 spiro atoms.